The van der Waals surface area contributed by atoms with Gasteiger partial charge in [-0.05, 0) is 42.0 Å². The molecule has 1 aliphatic carbocycles. The molecule has 1 unspecified atom stereocenters. The molecule has 3 heteroatoms. The fourth-order valence-electron chi connectivity index (χ4n) is 2.97. The quantitative estimate of drug-likeness (QED) is 0.837. The van der Waals surface area contributed by atoms with Gasteiger partial charge < -0.3 is 0 Å². The lowest BCUT2D eigenvalue weighted by molar-refractivity contribution is -0.122. The topological polar surface area (TPSA) is 17.1 Å². The SMILES string of the molecule is O=C(Cc1ccc(F)cc1F)C1CCc2ccccc2C1. The van der Waals surface area contributed by atoms with E-state index in [4.69, 9.17) is 0 Å². The summed E-state index contributed by atoms with van der Waals surface area (Å²) < 4.78 is 26.5. The molecule has 21 heavy (non-hydrogen) atoms. The van der Waals surface area contributed by atoms with Crippen molar-refractivity contribution in [3.63, 3.8) is 0 Å². The lowest BCUT2D eigenvalue weighted by atomic mass is 9.80. The molecule has 1 aliphatic rings. The van der Waals surface area contributed by atoms with Gasteiger partial charge in [0.05, 0.1) is 0 Å². The summed E-state index contributed by atoms with van der Waals surface area (Å²) in [5.74, 6) is -1.28. The van der Waals surface area contributed by atoms with E-state index in [2.05, 4.69) is 6.07 Å². The highest BCUT2D eigenvalue weighted by molar-refractivity contribution is 5.83. The predicted octanol–water partition coefficient (Wildman–Crippen LogP) is 3.88. The maximum Gasteiger partial charge on any atom is 0.140 e. The number of halogens is 2. The second-order valence-electron chi connectivity index (χ2n) is 5.59. The average Bonchev–Trinajstić information content (AvgIpc) is 2.49. The van der Waals surface area contributed by atoms with Crippen LogP contribution in [0.3, 0.4) is 0 Å². The molecule has 108 valence electrons. The number of ketones is 1. The van der Waals surface area contributed by atoms with Crippen LogP contribution in [-0.2, 0) is 24.1 Å². The molecule has 0 saturated heterocycles. The first kappa shape index (κ1) is 13.9. The van der Waals surface area contributed by atoms with Gasteiger partial charge in [-0.3, -0.25) is 4.79 Å². The second-order valence-corrected chi connectivity index (χ2v) is 5.59. The van der Waals surface area contributed by atoms with Crippen LogP contribution >= 0.6 is 0 Å². The lowest BCUT2D eigenvalue weighted by Crippen LogP contribution is -2.24. The first-order valence-electron chi connectivity index (χ1n) is 7.17. The van der Waals surface area contributed by atoms with E-state index in [-0.39, 0.29) is 23.7 Å². The highest BCUT2D eigenvalue weighted by atomic mass is 19.1. The molecule has 3 rings (SSSR count). The molecule has 0 N–H and O–H groups in total. The molecular formula is C18H16F2O. The first-order chi connectivity index (χ1) is 10.1. The number of hydrogen-bond acceptors (Lipinski definition) is 1. The number of hydrogen-bond donors (Lipinski definition) is 0. The molecule has 2 aromatic rings. The van der Waals surface area contributed by atoms with Gasteiger partial charge >= 0.3 is 0 Å². The molecule has 0 bridgehead atoms. The summed E-state index contributed by atoms with van der Waals surface area (Å²) in [6, 6.07) is 11.5. The minimum Gasteiger partial charge on any atom is -0.299 e. The molecule has 0 heterocycles. The number of rotatable bonds is 3. The zero-order valence-electron chi connectivity index (χ0n) is 11.6. The van der Waals surface area contributed by atoms with Crippen molar-refractivity contribution < 1.29 is 13.6 Å². The molecule has 0 spiro atoms. The summed E-state index contributed by atoms with van der Waals surface area (Å²) in [4.78, 5) is 12.4. The Balaban J connectivity index is 1.72. The average molecular weight is 286 g/mol. The van der Waals surface area contributed by atoms with E-state index in [0.717, 1.165) is 25.3 Å². The molecule has 0 saturated carbocycles. The van der Waals surface area contributed by atoms with E-state index in [9.17, 15) is 13.6 Å². The number of aryl methyl sites for hydroxylation is 1. The normalized spacial score (nSPS) is 17.3. The Labute approximate surface area is 122 Å². The van der Waals surface area contributed by atoms with Crippen molar-refractivity contribution in [3.8, 4) is 0 Å². The smallest absolute Gasteiger partial charge is 0.140 e. The van der Waals surface area contributed by atoms with Gasteiger partial charge in [-0.1, -0.05) is 30.3 Å². The summed E-state index contributed by atoms with van der Waals surface area (Å²) in [5.41, 5.74) is 2.79. The molecule has 0 amide bonds. The van der Waals surface area contributed by atoms with Gasteiger partial charge in [0, 0.05) is 18.4 Å². The summed E-state index contributed by atoms with van der Waals surface area (Å²) >= 11 is 0. The van der Waals surface area contributed by atoms with Gasteiger partial charge in [0.1, 0.15) is 17.4 Å². The number of fused-ring (bicyclic) bond motifs is 1. The van der Waals surface area contributed by atoms with Gasteiger partial charge in [-0.25, -0.2) is 8.78 Å². The summed E-state index contributed by atoms with van der Waals surface area (Å²) in [6.45, 7) is 0. The van der Waals surface area contributed by atoms with Crippen molar-refractivity contribution in [3.05, 3.63) is 70.8 Å². The molecule has 0 fully saturated rings. The molecule has 1 nitrogen and oxygen atoms in total. The second kappa shape index (κ2) is 5.76. The molecule has 0 aliphatic heterocycles. The molecular weight excluding hydrogens is 270 g/mol. The van der Waals surface area contributed by atoms with Crippen LogP contribution in [0, 0.1) is 17.6 Å². The maximum absolute atomic E-state index is 13.6. The van der Waals surface area contributed by atoms with Crippen molar-refractivity contribution in [1.82, 2.24) is 0 Å². The first-order valence-corrected chi connectivity index (χ1v) is 7.17. The van der Waals surface area contributed by atoms with Crippen molar-refractivity contribution in [2.45, 2.75) is 25.7 Å². The Morgan fingerprint density at radius 1 is 1.10 bits per heavy atom. The minimum absolute atomic E-state index is 0.0370. The van der Waals surface area contributed by atoms with Crippen LogP contribution in [0.4, 0.5) is 8.78 Å². The fraction of sp³-hybridized carbons (Fsp3) is 0.278. The Hall–Kier alpha value is -2.03. The van der Waals surface area contributed by atoms with Crippen LogP contribution in [0.25, 0.3) is 0 Å². The van der Waals surface area contributed by atoms with Crippen LogP contribution in [0.5, 0.6) is 0 Å². The number of carbonyl (C=O) groups is 1. The van der Waals surface area contributed by atoms with Crippen molar-refractivity contribution in [2.24, 2.45) is 5.92 Å². The summed E-state index contributed by atoms with van der Waals surface area (Å²) in [7, 11) is 0. The summed E-state index contributed by atoms with van der Waals surface area (Å²) in [6.07, 6.45) is 2.45. The number of carbonyl (C=O) groups excluding carboxylic acids is 1. The standard InChI is InChI=1S/C18H16F2O/c19-16-8-7-14(17(20)11-16)10-18(21)15-6-5-12-3-1-2-4-13(12)9-15/h1-4,7-8,11,15H,5-6,9-10H2. The highest BCUT2D eigenvalue weighted by Crippen LogP contribution is 2.27. The maximum atomic E-state index is 13.6. The third-order valence-corrected chi connectivity index (χ3v) is 4.18. The molecule has 0 aromatic heterocycles. The van der Waals surface area contributed by atoms with Crippen molar-refractivity contribution in [1.29, 1.82) is 0 Å². The molecule has 2 aromatic carbocycles. The van der Waals surface area contributed by atoms with Crippen LogP contribution in [0.15, 0.2) is 42.5 Å². The fourth-order valence-corrected chi connectivity index (χ4v) is 2.97. The van der Waals surface area contributed by atoms with Gasteiger partial charge in [0.25, 0.3) is 0 Å². The van der Waals surface area contributed by atoms with Crippen molar-refractivity contribution in [2.75, 3.05) is 0 Å². The van der Waals surface area contributed by atoms with Gasteiger partial charge in [0.15, 0.2) is 0 Å². The van der Waals surface area contributed by atoms with Crippen molar-refractivity contribution >= 4 is 5.78 Å². The van der Waals surface area contributed by atoms with E-state index < -0.39 is 11.6 Å². The Morgan fingerprint density at radius 3 is 2.62 bits per heavy atom. The van der Waals surface area contributed by atoms with Crippen LogP contribution in [0.1, 0.15) is 23.1 Å². The monoisotopic (exact) mass is 286 g/mol. The van der Waals surface area contributed by atoms with Crippen LogP contribution in [-0.4, -0.2) is 5.78 Å². The Bertz CT molecular complexity index is 679. The third kappa shape index (κ3) is 3.02. The Morgan fingerprint density at radius 2 is 1.86 bits per heavy atom. The van der Waals surface area contributed by atoms with Crippen LogP contribution in [0.2, 0.25) is 0 Å². The minimum atomic E-state index is -0.639. The lowest BCUT2D eigenvalue weighted by Gasteiger charge is -2.23. The number of benzene rings is 2. The van der Waals surface area contributed by atoms with Crippen LogP contribution < -0.4 is 0 Å². The third-order valence-electron chi connectivity index (χ3n) is 4.18. The zero-order chi connectivity index (χ0) is 14.8. The largest absolute Gasteiger partial charge is 0.299 e. The Kier molecular flexibility index (Phi) is 3.82. The highest BCUT2D eigenvalue weighted by Gasteiger charge is 2.24. The van der Waals surface area contributed by atoms with Gasteiger partial charge in [-0.2, -0.15) is 0 Å². The number of Topliss-reactive ketones (excluding diaryl/α,β-unsaturated/α-hetero) is 1. The van der Waals surface area contributed by atoms with Gasteiger partial charge in [-0.15, -0.1) is 0 Å². The van der Waals surface area contributed by atoms with E-state index >= 15 is 0 Å². The predicted molar refractivity (Wildman–Crippen MR) is 77.0 cm³/mol. The molecule has 1 atom stereocenters. The van der Waals surface area contributed by atoms with E-state index in [1.807, 2.05) is 18.2 Å². The summed E-state index contributed by atoms with van der Waals surface area (Å²) in [5, 5.41) is 0. The van der Waals surface area contributed by atoms with E-state index in [1.165, 1.54) is 23.3 Å². The van der Waals surface area contributed by atoms with E-state index in [1.54, 1.807) is 0 Å². The van der Waals surface area contributed by atoms with Gasteiger partial charge in [0.2, 0.25) is 0 Å². The molecule has 0 radical (unpaired) electrons. The van der Waals surface area contributed by atoms with E-state index in [0.29, 0.717) is 0 Å². The zero-order valence-corrected chi connectivity index (χ0v) is 11.6.